The van der Waals surface area contributed by atoms with Gasteiger partial charge in [0.2, 0.25) is 6.79 Å². The molecule has 5 aliphatic heterocycles. The van der Waals surface area contributed by atoms with Crippen molar-refractivity contribution in [1.29, 1.82) is 5.26 Å². The van der Waals surface area contributed by atoms with Gasteiger partial charge in [0.25, 0.3) is 11.8 Å². The van der Waals surface area contributed by atoms with Gasteiger partial charge in [-0.2, -0.15) is 5.26 Å². The predicted octanol–water partition coefficient (Wildman–Crippen LogP) is 3.05. The van der Waals surface area contributed by atoms with Crippen molar-refractivity contribution in [2.24, 2.45) is 5.41 Å². The molecule has 2 amide bonds. The van der Waals surface area contributed by atoms with Crippen LogP contribution < -0.4 is 9.47 Å². The van der Waals surface area contributed by atoms with Gasteiger partial charge in [0.15, 0.2) is 21.2 Å². The van der Waals surface area contributed by atoms with Gasteiger partial charge in [0, 0.05) is 13.0 Å². The summed E-state index contributed by atoms with van der Waals surface area (Å²) in [6.45, 7) is 7.78. The second kappa shape index (κ2) is 5.86. The van der Waals surface area contributed by atoms with Crippen LogP contribution in [0.2, 0.25) is 0 Å². The van der Waals surface area contributed by atoms with E-state index < -0.39 is 21.2 Å². The minimum absolute atomic E-state index is 0.132. The molecular weight excluding hydrogens is 410 g/mol. The summed E-state index contributed by atoms with van der Waals surface area (Å²) in [6.07, 6.45) is 1.90. The Bertz CT molecular complexity index is 1010. The summed E-state index contributed by atoms with van der Waals surface area (Å²) < 4.78 is 10.9. The number of amides is 2. The van der Waals surface area contributed by atoms with E-state index in [2.05, 4.69) is 12.6 Å². The van der Waals surface area contributed by atoms with Gasteiger partial charge in [0.05, 0.1) is 17.5 Å². The summed E-state index contributed by atoms with van der Waals surface area (Å²) in [5, 5.41) is 10.1. The van der Waals surface area contributed by atoms with Gasteiger partial charge in [-0.1, -0.05) is 33.7 Å². The molecule has 5 heterocycles. The van der Waals surface area contributed by atoms with Crippen LogP contribution in [0.25, 0.3) is 0 Å². The van der Waals surface area contributed by atoms with E-state index in [0.29, 0.717) is 18.0 Å². The lowest BCUT2D eigenvalue weighted by atomic mass is 9.79. The first-order chi connectivity index (χ1) is 13.8. The van der Waals surface area contributed by atoms with E-state index >= 15 is 0 Å². The van der Waals surface area contributed by atoms with E-state index in [0.717, 1.165) is 5.56 Å². The Balaban J connectivity index is 1.68. The molecule has 4 saturated heterocycles. The molecule has 2 bridgehead atoms. The molecule has 0 aliphatic carbocycles. The van der Waals surface area contributed by atoms with Crippen LogP contribution >= 0.6 is 21.6 Å². The van der Waals surface area contributed by atoms with Crippen molar-refractivity contribution in [3.63, 3.8) is 0 Å². The smallest absolute Gasteiger partial charge is 0.261 e. The second-order valence-corrected chi connectivity index (χ2v) is 10.8. The zero-order valence-electron chi connectivity index (χ0n) is 16.0. The van der Waals surface area contributed by atoms with Crippen LogP contribution in [0.15, 0.2) is 30.9 Å². The Morgan fingerprint density at radius 1 is 1.28 bits per heavy atom. The van der Waals surface area contributed by atoms with Crippen LogP contribution in [-0.4, -0.2) is 44.7 Å². The van der Waals surface area contributed by atoms with Crippen molar-refractivity contribution in [1.82, 2.24) is 9.80 Å². The molecule has 0 aromatic heterocycles. The number of carbonyl (C=O) groups excluding carboxylic acids is 2. The zero-order chi connectivity index (χ0) is 20.6. The fourth-order valence-electron chi connectivity index (χ4n) is 4.80. The molecule has 0 saturated carbocycles. The first kappa shape index (κ1) is 18.7. The number of ether oxygens (including phenoxy) is 2. The van der Waals surface area contributed by atoms with Crippen LogP contribution in [0.5, 0.6) is 11.5 Å². The molecule has 7 nitrogen and oxygen atoms in total. The first-order valence-electron chi connectivity index (χ1n) is 9.25. The molecule has 1 aromatic rings. The summed E-state index contributed by atoms with van der Waals surface area (Å²) in [7, 11) is 2.80. The van der Waals surface area contributed by atoms with Gasteiger partial charge in [-0.15, -0.1) is 6.58 Å². The van der Waals surface area contributed by atoms with Crippen molar-refractivity contribution in [2.75, 3.05) is 13.3 Å². The highest BCUT2D eigenvalue weighted by Gasteiger charge is 2.75. The van der Waals surface area contributed by atoms with Gasteiger partial charge in [-0.25, -0.2) is 0 Å². The molecule has 29 heavy (non-hydrogen) atoms. The molecule has 1 aromatic carbocycles. The molecule has 0 radical (unpaired) electrons. The molecule has 4 atom stereocenters. The number of rotatable bonds is 3. The fourth-order valence-corrected chi connectivity index (χ4v) is 8.34. The quantitative estimate of drug-likeness (QED) is 0.539. The van der Waals surface area contributed by atoms with Crippen molar-refractivity contribution < 1.29 is 19.1 Å². The van der Waals surface area contributed by atoms with Crippen LogP contribution in [0.1, 0.15) is 31.9 Å². The van der Waals surface area contributed by atoms with E-state index in [4.69, 9.17) is 9.47 Å². The maximum atomic E-state index is 13.7. The molecule has 1 spiro atoms. The highest BCUT2D eigenvalue weighted by Crippen LogP contribution is 2.69. The van der Waals surface area contributed by atoms with Gasteiger partial charge in [-0.05, 0) is 31.5 Å². The number of nitriles is 1. The van der Waals surface area contributed by atoms with Crippen molar-refractivity contribution in [3.8, 4) is 17.6 Å². The summed E-state index contributed by atoms with van der Waals surface area (Å²) in [6, 6.07) is 7.33. The molecule has 150 valence electrons. The normalized spacial score (nSPS) is 36.9. The van der Waals surface area contributed by atoms with Crippen molar-refractivity contribution in [2.45, 2.75) is 36.1 Å². The maximum absolute atomic E-state index is 13.7. The number of nitrogens with zero attached hydrogens (tertiary/aromatic N) is 3. The SMILES string of the molecule is C=CCN1C(=O)[C@@]23C[C@](C)(C#N)[C@H](c4ccc5c(c4)OCO5)N2C(=O)[C@@]1(C)SS3. The molecule has 0 unspecified atom stereocenters. The van der Waals surface area contributed by atoms with E-state index in [1.165, 1.54) is 21.6 Å². The van der Waals surface area contributed by atoms with E-state index in [1.54, 1.807) is 28.9 Å². The average Bonchev–Trinajstić information content (AvgIpc) is 3.28. The standard InChI is InChI=1S/C20H19N3O4S2/c1-4-7-22-17(25)20-9-18(2,10-21)15(23(20)16(24)19(22,3)28-29-20)12-5-6-13-14(8-12)27-11-26-13/h4-6,8,15H,1,7,9,11H2,2-3H3/t15-,18+,19+,20-/m0/s1. The lowest BCUT2D eigenvalue weighted by Gasteiger charge is -2.58. The predicted molar refractivity (Wildman–Crippen MR) is 109 cm³/mol. The number of carbonyl (C=O) groups is 2. The van der Waals surface area contributed by atoms with E-state index in [1.807, 2.05) is 19.1 Å². The summed E-state index contributed by atoms with van der Waals surface area (Å²) in [5.41, 5.74) is -0.157. The highest BCUT2D eigenvalue weighted by molar-refractivity contribution is 8.78. The third-order valence-electron chi connectivity index (χ3n) is 6.19. The molecule has 0 N–H and O–H groups in total. The Morgan fingerprint density at radius 2 is 2.03 bits per heavy atom. The number of piperazine rings is 1. The number of benzene rings is 1. The third-order valence-corrected chi connectivity index (χ3v) is 9.83. The van der Waals surface area contributed by atoms with Crippen molar-refractivity contribution in [3.05, 3.63) is 36.4 Å². The summed E-state index contributed by atoms with van der Waals surface area (Å²) >= 11 is 0. The number of hydrogen-bond acceptors (Lipinski definition) is 7. The molecule has 5 aliphatic rings. The van der Waals surface area contributed by atoms with Crippen molar-refractivity contribution >= 4 is 33.4 Å². The van der Waals surface area contributed by atoms with Crippen LogP contribution in [0, 0.1) is 16.7 Å². The first-order valence-corrected chi connectivity index (χ1v) is 11.4. The Labute approximate surface area is 176 Å². The summed E-state index contributed by atoms with van der Waals surface area (Å²) in [4.78, 5) is 28.5. The Hall–Kier alpha value is -2.31. The Morgan fingerprint density at radius 3 is 2.76 bits per heavy atom. The second-order valence-electron chi connectivity index (χ2n) is 8.03. The van der Waals surface area contributed by atoms with Gasteiger partial charge < -0.3 is 19.3 Å². The maximum Gasteiger partial charge on any atom is 0.261 e. The monoisotopic (exact) mass is 429 g/mol. The van der Waals surface area contributed by atoms with Gasteiger partial charge >= 0.3 is 0 Å². The fraction of sp³-hybridized carbons (Fsp3) is 0.450. The zero-order valence-corrected chi connectivity index (χ0v) is 17.6. The van der Waals surface area contributed by atoms with E-state index in [-0.39, 0.29) is 25.0 Å². The van der Waals surface area contributed by atoms with E-state index in [9.17, 15) is 14.9 Å². The van der Waals surface area contributed by atoms with Gasteiger partial charge in [0.1, 0.15) is 0 Å². The van der Waals surface area contributed by atoms with Gasteiger partial charge in [-0.3, -0.25) is 9.59 Å². The number of hydrogen-bond donors (Lipinski definition) is 0. The highest BCUT2D eigenvalue weighted by atomic mass is 33.1. The topological polar surface area (TPSA) is 82.9 Å². The number of fused-ring (bicyclic) bond motifs is 3. The van der Waals surface area contributed by atoms with Crippen LogP contribution in [-0.2, 0) is 9.59 Å². The molecule has 4 fully saturated rings. The van der Waals surface area contributed by atoms with Crippen LogP contribution in [0.4, 0.5) is 0 Å². The molecule has 6 rings (SSSR count). The Kier molecular flexibility index (Phi) is 3.78. The lowest BCUT2D eigenvalue weighted by molar-refractivity contribution is -0.165. The minimum atomic E-state index is -1.10. The third kappa shape index (κ3) is 2.16. The largest absolute Gasteiger partial charge is 0.454 e. The summed E-state index contributed by atoms with van der Waals surface area (Å²) in [5.74, 6) is 0.945. The molecule has 9 heteroatoms. The average molecular weight is 430 g/mol. The van der Waals surface area contributed by atoms with Crippen LogP contribution in [0.3, 0.4) is 0 Å². The minimum Gasteiger partial charge on any atom is -0.454 e. The lowest BCUT2D eigenvalue weighted by Crippen LogP contribution is -2.74. The molecular formula is C20H19N3O4S2.